The number of anilines is 1. The van der Waals surface area contributed by atoms with Gasteiger partial charge in [-0.1, -0.05) is 15.9 Å². The van der Waals surface area contributed by atoms with E-state index in [-0.39, 0.29) is 6.61 Å². The molecule has 1 heterocycles. The molecular formula is C16H25BrN2O2. The predicted octanol–water partition coefficient (Wildman–Crippen LogP) is 2.39. The first kappa shape index (κ1) is 16.7. The Morgan fingerprint density at radius 3 is 3.10 bits per heavy atom. The molecule has 21 heavy (non-hydrogen) atoms. The first-order valence-electron chi connectivity index (χ1n) is 7.58. The van der Waals surface area contributed by atoms with Crippen LogP contribution in [0.4, 0.5) is 5.69 Å². The van der Waals surface area contributed by atoms with Crippen LogP contribution in [0.3, 0.4) is 0 Å². The zero-order valence-corrected chi connectivity index (χ0v) is 14.2. The van der Waals surface area contributed by atoms with Gasteiger partial charge in [-0.05, 0) is 42.5 Å². The van der Waals surface area contributed by atoms with Crippen molar-refractivity contribution in [1.82, 2.24) is 5.32 Å². The summed E-state index contributed by atoms with van der Waals surface area (Å²) in [6, 6.07) is 6.45. The van der Waals surface area contributed by atoms with Crippen molar-refractivity contribution in [3.05, 3.63) is 28.2 Å². The van der Waals surface area contributed by atoms with Gasteiger partial charge in [-0.15, -0.1) is 0 Å². The van der Waals surface area contributed by atoms with E-state index in [1.165, 1.54) is 11.3 Å². The van der Waals surface area contributed by atoms with E-state index in [2.05, 4.69) is 44.3 Å². The summed E-state index contributed by atoms with van der Waals surface area (Å²) >= 11 is 3.56. The topological polar surface area (TPSA) is 44.7 Å². The molecule has 0 aromatic heterocycles. The molecule has 1 atom stereocenters. The maximum atomic E-state index is 9.41. The maximum Gasteiger partial charge on any atom is 0.0587 e. The lowest BCUT2D eigenvalue weighted by molar-refractivity contribution is 0.199. The summed E-state index contributed by atoms with van der Waals surface area (Å²) in [5.41, 5.74) is 2.57. The lowest BCUT2D eigenvalue weighted by Crippen LogP contribution is -2.37. The van der Waals surface area contributed by atoms with Gasteiger partial charge in [0.2, 0.25) is 0 Å². The largest absolute Gasteiger partial charge is 0.396 e. The Hall–Kier alpha value is -0.620. The van der Waals surface area contributed by atoms with Crippen molar-refractivity contribution in [3.63, 3.8) is 0 Å². The average Bonchev–Trinajstić information content (AvgIpc) is 2.52. The van der Waals surface area contributed by atoms with Crippen LogP contribution in [0.25, 0.3) is 0 Å². The van der Waals surface area contributed by atoms with Gasteiger partial charge in [0.1, 0.15) is 0 Å². The minimum absolute atomic E-state index is 0.286. The summed E-state index contributed by atoms with van der Waals surface area (Å²) in [4.78, 5) is 2.41. The number of rotatable bonds is 7. The molecule has 1 aliphatic rings. The molecule has 1 aliphatic heterocycles. The molecule has 4 nitrogen and oxygen atoms in total. The van der Waals surface area contributed by atoms with E-state index in [4.69, 9.17) is 4.74 Å². The van der Waals surface area contributed by atoms with Crippen molar-refractivity contribution in [2.24, 2.45) is 5.92 Å². The smallest absolute Gasteiger partial charge is 0.0587 e. The molecule has 0 radical (unpaired) electrons. The monoisotopic (exact) mass is 356 g/mol. The highest BCUT2D eigenvalue weighted by Gasteiger charge is 2.21. The summed E-state index contributed by atoms with van der Waals surface area (Å²) in [6.45, 7) is 4.71. The molecule has 1 fully saturated rings. The van der Waals surface area contributed by atoms with Crippen LogP contribution in [-0.2, 0) is 11.3 Å². The molecular weight excluding hydrogens is 332 g/mol. The van der Waals surface area contributed by atoms with Crippen LogP contribution < -0.4 is 10.2 Å². The second-order valence-electron chi connectivity index (χ2n) is 5.58. The molecule has 0 saturated carbocycles. The number of hydrogen-bond donors (Lipinski definition) is 2. The highest BCUT2D eigenvalue weighted by molar-refractivity contribution is 9.10. The van der Waals surface area contributed by atoms with Gasteiger partial charge in [-0.2, -0.15) is 0 Å². The van der Waals surface area contributed by atoms with Gasteiger partial charge in [-0.25, -0.2) is 0 Å². The number of nitrogens with zero attached hydrogens (tertiary/aromatic N) is 1. The van der Waals surface area contributed by atoms with Crippen LogP contribution in [0.1, 0.15) is 18.4 Å². The fraction of sp³-hybridized carbons (Fsp3) is 0.625. The first-order valence-corrected chi connectivity index (χ1v) is 8.37. The number of ether oxygens (including phenoxy) is 1. The fourth-order valence-electron chi connectivity index (χ4n) is 2.83. The number of nitrogens with one attached hydrogen (secondary N) is 1. The van der Waals surface area contributed by atoms with E-state index in [0.717, 1.165) is 50.1 Å². The molecule has 1 aromatic rings. The first-order chi connectivity index (χ1) is 10.2. The van der Waals surface area contributed by atoms with E-state index < -0.39 is 0 Å². The summed E-state index contributed by atoms with van der Waals surface area (Å²) in [7, 11) is 1.72. The second-order valence-corrected chi connectivity index (χ2v) is 6.50. The van der Waals surface area contributed by atoms with Crippen molar-refractivity contribution in [3.8, 4) is 0 Å². The summed E-state index contributed by atoms with van der Waals surface area (Å²) in [5.74, 6) is 0.400. The molecule has 0 bridgehead atoms. The number of aliphatic hydroxyl groups is 1. The van der Waals surface area contributed by atoms with Gasteiger partial charge in [0.15, 0.2) is 0 Å². The molecule has 2 rings (SSSR count). The molecule has 0 aliphatic carbocycles. The van der Waals surface area contributed by atoms with Gasteiger partial charge in [-0.3, -0.25) is 0 Å². The molecule has 1 aromatic carbocycles. The van der Waals surface area contributed by atoms with Gasteiger partial charge in [0.25, 0.3) is 0 Å². The Balaban J connectivity index is 2.06. The van der Waals surface area contributed by atoms with Gasteiger partial charge in [0.05, 0.1) is 6.61 Å². The fourth-order valence-corrected chi connectivity index (χ4v) is 3.24. The molecule has 0 amide bonds. The predicted molar refractivity (Wildman–Crippen MR) is 89.7 cm³/mol. The minimum atomic E-state index is 0.286. The van der Waals surface area contributed by atoms with Crippen molar-refractivity contribution in [2.75, 3.05) is 44.9 Å². The van der Waals surface area contributed by atoms with Crippen LogP contribution in [-0.4, -0.2) is 45.1 Å². The normalized spacial score (nSPS) is 19.0. The van der Waals surface area contributed by atoms with Crippen molar-refractivity contribution >= 4 is 21.6 Å². The lowest BCUT2D eigenvalue weighted by Gasteiger charge is -2.35. The number of piperidine rings is 1. The van der Waals surface area contributed by atoms with Crippen molar-refractivity contribution in [1.29, 1.82) is 0 Å². The molecule has 118 valence electrons. The van der Waals surface area contributed by atoms with E-state index in [1.807, 2.05) is 0 Å². The highest BCUT2D eigenvalue weighted by atomic mass is 79.9. The summed E-state index contributed by atoms with van der Waals surface area (Å²) in [5, 5.41) is 12.8. The Labute approximate surface area is 135 Å². The van der Waals surface area contributed by atoms with Crippen molar-refractivity contribution < 1.29 is 9.84 Å². The number of halogens is 1. The third kappa shape index (κ3) is 4.95. The van der Waals surface area contributed by atoms with Gasteiger partial charge >= 0.3 is 0 Å². The number of benzene rings is 1. The van der Waals surface area contributed by atoms with Crippen LogP contribution >= 0.6 is 15.9 Å². The van der Waals surface area contributed by atoms with Crippen LogP contribution in [0, 0.1) is 5.92 Å². The minimum Gasteiger partial charge on any atom is -0.396 e. The molecule has 1 unspecified atom stereocenters. The summed E-state index contributed by atoms with van der Waals surface area (Å²) < 4.78 is 6.17. The van der Waals surface area contributed by atoms with Crippen LogP contribution in [0.15, 0.2) is 22.7 Å². The maximum absolute atomic E-state index is 9.41. The number of hydrogen-bond acceptors (Lipinski definition) is 4. The summed E-state index contributed by atoms with van der Waals surface area (Å²) in [6.07, 6.45) is 2.28. The van der Waals surface area contributed by atoms with E-state index in [1.54, 1.807) is 7.11 Å². The van der Waals surface area contributed by atoms with Gasteiger partial charge < -0.3 is 20.1 Å². The Bertz CT molecular complexity index is 442. The third-order valence-corrected chi connectivity index (χ3v) is 4.45. The van der Waals surface area contributed by atoms with Gasteiger partial charge in [0, 0.05) is 50.1 Å². The van der Waals surface area contributed by atoms with Crippen LogP contribution in [0.2, 0.25) is 0 Å². The number of aliphatic hydroxyl groups excluding tert-OH is 1. The second kappa shape index (κ2) is 8.73. The van der Waals surface area contributed by atoms with E-state index >= 15 is 0 Å². The molecule has 1 saturated heterocycles. The number of methoxy groups -OCH3 is 1. The SMILES string of the molecule is COCCNCc1cc(Br)ccc1N1CCCC(CO)C1. The van der Waals surface area contributed by atoms with Crippen LogP contribution in [0.5, 0.6) is 0 Å². The van der Waals surface area contributed by atoms with E-state index in [9.17, 15) is 5.11 Å². The quantitative estimate of drug-likeness (QED) is 0.736. The molecule has 2 N–H and O–H groups in total. The average molecular weight is 357 g/mol. The standard InChI is InChI=1S/C16H25BrN2O2/c1-21-8-6-18-10-14-9-15(17)4-5-16(14)19-7-2-3-13(11-19)12-20/h4-5,9,13,18,20H,2-3,6-8,10-12H2,1H3. The zero-order valence-electron chi connectivity index (χ0n) is 12.6. The highest BCUT2D eigenvalue weighted by Crippen LogP contribution is 2.28. The van der Waals surface area contributed by atoms with Crippen molar-refractivity contribution in [2.45, 2.75) is 19.4 Å². The van der Waals surface area contributed by atoms with E-state index in [0.29, 0.717) is 5.92 Å². The molecule has 0 spiro atoms. The Morgan fingerprint density at radius 1 is 1.48 bits per heavy atom. The third-order valence-electron chi connectivity index (χ3n) is 3.96. The zero-order chi connectivity index (χ0) is 15.1. The Kier molecular flexibility index (Phi) is 6.96. The molecule has 5 heteroatoms. The Morgan fingerprint density at radius 2 is 2.33 bits per heavy atom. The lowest BCUT2D eigenvalue weighted by atomic mass is 9.97.